The third kappa shape index (κ3) is 65.7. The number of aliphatic carboxylic acids is 1. The number of carboxylic acids is 1. The summed E-state index contributed by atoms with van der Waals surface area (Å²) in [4.78, 5) is 21.2. The number of rotatable bonds is 16. The van der Waals surface area contributed by atoms with Crippen LogP contribution >= 0.6 is 0 Å². The molecule has 0 saturated carbocycles. The van der Waals surface area contributed by atoms with Crippen LogP contribution < -0.4 is 56.9 Å². The van der Waals surface area contributed by atoms with Gasteiger partial charge in [-0.3, -0.25) is 4.79 Å². The second-order valence-electron chi connectivity index (χ2n) is 13.9. The van der Waals surface area contributed by atoms with Gasteiger partial charge in [0.05, 0.1) is 0 Å². The Balaban J connectivity index is -0.000000123. The molecule has 2 fully saturated rings. The molecule has 0 radical (unpaired) electrons. The van der Waals surface area contributed by atoms with Crippen molar-refractivity contribution in [3.05, 3.63) is 0 Å². The van der Waals surface area contributed by atoms with Crippen molar-refractivity contribution in [2.24, 2.45) is 51.6 Å². The van der Waals surface area contributed by atoms with Gasteiger partial charge >= 0.3 is 5.97 Å². The van der Waals surface area contributed by atoms with Gasteiger partial charge in [-0.25, -0.2) is 0 Å². The maximum atomic E-state index is 10.1. The number of likely N-dealkylation sites (tertiary alicyclic amines) is 1. The van der Waals surface area contributed by atoms with E-state index in [-0.39, 0.29) is 12.1 Å². The zero-order valence-corrected chi connectivity index (χ0v) is 37.3. The molecule has 2 unspecified atom stereocenters. The van der Waals surface area contributed by atoms with E-state index in [1.165, 1.54) is 32.4 Å². The number of nitrogens with one attached hydrogen (secondary N) is 1. The summed E-state index contributed by atoms with van der Waals surface area (Å²) >= 11 is 0. The van der Waals surface area contributed by atoms with E-state index in [4.69, 9.17) is 56.7 Å². The van der Waals surface area contributed by atoms with E-state index >= 15 is 0 Å². The molecule has 3 atom stereocenters. The number of hydrogen-bond donors (Lipinski definition) is 11. The van der Waals surface area contributed by atoms with Gasteiger partial charge in [0.2, 0.25) is 0 Å². The van der Waals surface area contributed by atoms with E-state index in [0.29, 0.717) is 25.7 Å². The van der Waals surface area contributed by atoms with Gasteiger partial charge in [0.25, 0.3) is 0 Å². The predicted molar refractivity (Wildman–Crippen MR) is 238 cm³/mol. The van der Waals surface area contributed by atoms with Crippen molar-refractivity contribution >= 4 is 5.97 Å². The standard InChI is InChI=1S/C7H16N2.C6H16N2.2C5H14N2.C5H9NO2.C4H12N2.C3H10N2.C2H8N2/c8-4-7-9-5-2-1-3-6-9;1-3-8(4-2)6-5-7;1-5(4-6)7(2)3;1-7(2)5-3-4-6;7-5(8)4-2-1-3-6-4;1-6(2)4-3-5;1-3(5)2-4;3-1-2-4/h1-8H2;3-7H2,1-2H3;5H,4,6H2,1-3H3;3-6H2,1-2H3;4,6H,1-3H2,(H,7,8);3-5H2,1-2H3;3H,2,4-5H2,1H3;1-4H2/t;;;;4-;;;/m....0.../s1. The van der Waals surface area contributed by atoms with Gasteiger partial charge in [0, 0.05) is 77.5 Å². The van der Waals surface area contributed by atoms with Crippen LogP contribution in [-0.2, 0) is 4.79 Å². The maximum Gasteiger partial charge on any atom is 0.320 e. The van der Waals surface area contributed by atoms with E-state index in [1.54, 1.807) is 0 Å². The zero-order chi connectivity index (χ0) is 43.2. The molecular formula is C37H99N15O2. The van der Waals surface area contributed by atoms with Crippen LogP contribution in [-0.4, -0.2) is 207 Å². The van der Waals surface area contributed by atoms with E-state index < -0.39 is 5.97 Å². The Morgan fingerprint density at radius 2 is 1.19 bits per heavy atom. The van der Waals surface area contributed by atoms with Crippen LogP contribution in [0, 0.1) is 0 Å². The summed E-state index contributed by atoms with van der Waals surface area (Å²) < 4.78 is 0. The highest BCUT2D eigenvalue weighted by Crippen LogP contribution is 2.06. The minimum Gasteiger partial charge on any atom is -0.480 e. The predicted octanol–water partition coefficient (Wildman–Crippen LogP) is -1.96. The zero-order valence-electron chi connectivity index (χ0n) is 37.3. The van der Waals surface area contributed by atoms with E-state index in [9.17, 15) is 4.79 Å². The van der Waals surface area contributed by atoms with Crippen LogP contribution in [0.1, 0.15) is 66.2 Å². The first-order valence-electron chi connectivity index (χ1n) is 20.2. The van der Waals surface area contributed by atoms with Gasteiger partial charge in [0.15, 0.2) is 0 Å². The lowest BCUT2D eigenvalue weighted by atomic mass is 10.1. The molecule has 20 N–H and O–H groups in total. The number of hydrogen-bond acceptors (Lipinski definition) is 16. The van der Waals surface area contributed by atoms with Crippen molar-refractivity contribution in [1.29, 1.82) is 0 Å². The van der Waals surface area contributed by atoms with E-state index in [2.05, 4.69) is 64.7 Å². The quantitative estimate of drug-likeness (QED) is 0.0809. The molecule has 0 bridgehead atoms. The van der Waals surface area contributed by atoms with Crippen LogP contribution in [0.15, 0.2) is 0 Å². The minimum absolute atomic E-state index is 0.162. The molecule has 2 heterocycles. The summed E-state index contributed by atoms with van der Waals surface area (Å²) in [6, 6.07) is 0.407. The van der Waals surface area contributed by atoms with Crippen LogP contribution in [0.2, 0.25) is 0 Å². The number of nitrogens with zero attached hydrogens (tertiary/aromatic N) is 5. The number of carbonyl (C=O) groups is 1. The molecule has 2 saturated heterocycles. The Kier molecular flexibility index (Phi) is 64.7. The third-order valence-corrected chi connectivity index (χ3v) is 7.74. The summed E-state index contributed by atoms with van der Waals surface area (Å²) in [7, 11) is 12.2. The molecule has 0 amide bonds. The Hall–Kier alpha value is -1.13. The van der Waals surface area contributed by atoms with Gasteiger partial charge in [0.1, 0.15) is 6.04 Å². The first kappa shape index (κ1) is 64.8. The molecule has 334 valence electrons. The molecule has 0 aromatic heterocycles. The molecule has 2 aliphatic heterocycles. The highest BCUT2D eigenvalue weighted by atomic mass is 16.4. The fourth-order valence-electron chi connectivity index (χ4n) is 3.86. The second-order valence-corrected chi connectivity index (χ2v) is 13.9. The van der Waals surface area contributed by atoms with Gasteiger partial charge in [-0.05, 0) is 134 Å². The van der Waals surface area contributed by atoms with Crippen molar-refractivity contribution in [1.82, 2.24) is 29.8 Å². The summed E-state index contributed by atoms with van der Waals surface area (Å²) in [5.41, 5.74) is 46.5. The lowest BCUT2D eigenvalue weighted by molar-refractivity contribution is -0.139. The highest BCUT2D eigenvalue weighted by molar-refractivity contribution is 5.73. The summed E-state index contributed by atoms with van der Waals surface area (Å²) in [6.45, 7) is 23.8. The Bertz CT molecular complexity index is 646. The maximum absolute atomic E-state index is 10.1. The van der Waals surface area contributed by atoms with Gasteiger partial charge in [-0.15, -0.1) is 0 Å². The monoisotopic (exact) mass is 786 g/mol. The van der Waals surface area contributed by atoms with Crippen molar-refractivity contribution in [3.8, 4) is 0 Å². The van der Waals surface area contributed by atoms with Gasteiger partial charge in [-0.1, -0.05) is 20.3 Å². The Morgan fingerprint density at radius 1 is 0.704 bits per heavy atom. The lowest BCUT2D eigenvalue weighted by Gasteiger charge is -2.25. The van der Waals surface area contributed by atoms with Crippen molar-refractivity contribution in [2.45, 2.75) is 84.3 Å². The molecule has 2 aliphatic rings. The molecule has 0 aromatic rings. The molecule has 0 aliphatic carbocycles. The molecule has 54 heavy (non-hydrogen) atoms. The topological polar surface area (TPSA) is 300 Å². The minimum atomic E-state index is -0.720. The molecule has 17 heteroatoms. The largest absolute Gasteiger partial charge is 0.480 e. The first-order valence-corrected chi connectivity index (χ1v) is 20.2. The van der Waals surface area contributed by atoms with Gasteiger partial charge in [-0.2, -0.15) is 0 Å². The average molecular weight is 786 g/mol. The number of likely N-dealkylation sites (N-methyl/N-ethyl adjacent to an activating group) is 3. The number of carboxylic acid groups (broad SMARTS) is 1. The fraction of sp³-hybridized carbons (Fsp3) is 0.973. The molecule has 17 nitrogen and oxygen atoms in total. The van der Waals surface area contributed by atoms with Crippen LogP contribution in [0.25, 0.3) is 0 Å². The van der Waals surface area contributed by atoms with Crippen molar-refractivity contribution in [3.63, 3.8) is 0 Å². The summed E-state index contributed by atoms with van der Waals surface area (Å²) in [5.74, 6) is -0.720. The van der Waals surface area contributed by atoms with Crippen LogP contribution in [0.3, 0.4) is 0 Å². The normalized spacial score (nSPS) is 15.8. The number of piperidine rings is 1. The average Bonchev–Trinajstić information content (AvgIpc) is 3.71. The molecule has 0 spiro atoms. The summed E-state index contributed by atoms with van der Waals surface area (Å²) in [5, 5.41) is 11.2. The Labute approximate surface area is 334 Å². The van der Waals surface area contributed by atoms with Crippen LogP contribution in [0.4, 0.5) is 0 Å². The third-order valence-electron chi connectivity index (χ3n) is 7.74. The van der Waals surface area contributed by atoms with Crippen molar-refractivity contribution in [2.75, 3.05) is 154 Å². The number of nitrogens with two attached hydrogens (primary N) is 9. The van der Waals surface area contributed by atoms with Crippen molar-refractivity contribution < 1.29 is 9.90 Å². The van der Waals surface area contributed by atoms with E-state index in [0.717, 1.165) is 97.8 Å². The molecular weight excluding hydrogens is 687 g/mol. The second kappa shape index (κ2) is 54.0. The van der Waals surface area contributed by atoms with Crippen LogP contribution in [0.5, 0.6) is 0 Å². The fourth-order valence-corrected chi connectivity index (χ4v) is 3.86. The SMILES string of the molecule is CC(CN)N(C)C.CC(N)CN.CCN(CC)CCN.CN(C)CCCN.CN(C)CCN.NCCN.NCCN1CCCCC1.O=C(O)[C@@H]1CCCN1. The van der Waals surface area contributed by atoms with Gasteiger partial charge < -0.3 is 86.5 Å². The summed E-state index contributed by atoms with van der Waals surface area (Å²) in [6.07, 6.45) is 7.06. The molecule has 2 rings (SSSR count). The van der Waals surface area contributed by atoms with E-state index in [1.807, 2.05) is 35.1 Å². The molecule has 0 aromatic carbocycles. The first-order chi connectivity index (χ1) is 25.5. The highest BCUT2D eigenvalue weighted by Gasteiger charge is 2.20. The Morgan fingerprint density at radius 3 is 1.35 bits per heavy atom. The lowest BCUT2D eigenvalue weighted by Crippen LogP contribution is -2.33. The smallest absolute Gasteiger partial charge is 0.320 e.